The molecule has 35 heavy (non-hydrogen) atoms. The zero-order valence-electron chi connectivity index (χ0n) is 20.4. The molecule has 0 unspecified atom stereocenters. The van der Waals surface area contributed by atoms with E-state index in [1.54, 1.807) is 11.8 Å². The second kappa shape index (κ2) is 9.66. The van der Waals surface area contributed by atoms with Crippen LogP contribution in [0.3, 0.4) is 0 Å². The molecule has 178 valence electrons. The van der Waals surface area contributed by atoms with Crippen molar-refractivity contribution in [1.29, 1.82) is 0 Å². The Morgan fingerprint density at radius 1 is 0.857 bits per heavy atom. The van der Waals surface area contributed by atoms with Crippen LogP contribution in [0.1, 0.15) is 21.6 Å². The molecule has 6 heteroatoms. The van der Waals surface area contributed by atoms with Gasteiger partial charge in [0.25, 0.3) is 5.91 Å². The number of aryl methyl sites for hydroxylation is 2. The van der Waals surface area contributed by atoms with Crippen LogP contribution in [0.15, 0.2) is 78.9 Å². The summed E-state index contributed by atoms with van der Waals surface area (Å²) in [7, 11) is 1.65. The molecule has 2 heterocycles. The number of carbonyl (C=O) groups is 1. The highest BCUT2D eigenvalue weighted by Gasteiger charge is 2.27. The number of para-hydroxylation sites is 1. The van der Waals surface area contributed by atoms with E-state index in [-0.39, 0.29) is 5.91 Å². The minimum absolute atomic E-state index is 0.00310. The van der Waals surface area contributed by atoms with E-state index < -0.39 is 0 Å². The standard InChI is InChI=1S/C29H30N4O2/c1-21-11-13-24(14-12-21)33-28(20-26(30-33)23-8-6-9-25(19-23)35-3)29(34)32-17-15-31(16-18-32)27-10-5-4-7-22(27)2/h4-14,19-20H,15-18H2,1-3H3. The number of amides is 1. The fraction of sp³-hybridized carbons (Fsp3) is 0.241. The number of anilines is 1. The van der Waals surface area contributed by atoms with E-state index in [1.807, 2.05) is 59.5 Å². The lowest BCUT2D eigenvalue weighted by atomic mass is 10.1. The van der Waals surface area contributed by atoms with Crippen molar-refractivity contribution in [3.05, 3.63) is 95.7 Å². The summed E-state index contributed by atoms with van der Waals surface area (Å²) in [5.74, 6) is 0.754. The molecule has 1 aliphatic rings. The molecular formula is C29H30N4O2. The van der Waals surface area contributed by atoms with Gasteiger partial charge in [0.05, 0.1) is 18.5 Å². The molecule has 1 fully saturated rings. The number of benzene rings is 3. The van der Waals surface area contributed by atoms with Gasteiger partial charge in [0, 0.05) is 37.4 Å². The fourth-order valence-corrected chi connectivity index (χ4v) is 4.57. The van der Waals surface area contributed by atoms with Crippen LogP contribution in [0.4, 0.5) is 5.69 Å². The molecule has 3 aromatic carbocycles. The topological polar surface area (TPSA) is 50.6 Å². The number of methoxy groups -OCH3 is 1. The summed E-state index contributed by atoms with van der Waals surface area (Å²) in [6.45, 7) is 7.12. The number of carbonyl (C=O) groups excluding carboxylic acids is 1. The number of rotatable bonds is 5. The average Bonchev–Trinajstić information content (AvgIpc) is 3.35. The molecule has 0 saturated carbocycles. The van der Waals surface area contributed by atoms with E-state index in [4.69, 9.17) is 9.84 Å². The van der Waals surface area contributed by atoms with Crippen LogP contribution in [0.5, 0.6) is 5.75 Å². The van der Waals surface area contributed by atoms with Crippen molar-refractivity contribution in [2.24, 2.45) is 0 Å². The van der Waals surface area contributed by atoms with Crippen molar-refractivity contribution < 1.29 is 9.53 Å². The zero-order valence-corrected chi connectivity index (χ0v) is 20.4. The van der Waals surface area contributed by atoms with E-state index in [9.17, 15) is 4.79 Å². The summed E-state index contributed by atoms with van der Waals surface area (Å²) < 4.78 is 7.16. The van der Waals surface area contributed by atoms with E-state index in [2.05, 4.69) is 43.0 Å². The molecule has 5 rings (SSSR count). The van der Waals surface area contributed by atoms with E-state index in [0.717, 1.165) is 41.3 Å². The third kappa shape index (κ3) is 4.64. The smallest absolute Gasteiger partial charge is 0.272 e. The van der Waals surface area contributed by atoms with Gasteiger partial charge in [-0.25, -0.2) is 4.68 Å². The summed E-state index contributed by atoms with van der Waals surface area (Å²) in [6.07, 6.45) is 0. The lowest BCUT2D eigenvalue weighted by Crippen LogP contribution is -2.49. The first-order valence-corrected chi connectivity index (χ1v) is 11.9. The minimum Gasteiger partial charge on any atom is -0.497 e. The Labute approximate surface area is 206 Å². The highest BCUT2D eigenvalue weighted by atomic mass is 16.5. The molecule has 1 saturated heterocycles. The number of hydrogen-bond acceptors (Lipinski definition) is 4. The van der Waals surface area contributed by atoms with E-state index in [1.165, 1.54) is 11.3 Å². The number of hydrogen-bond donors (Lipinski definition) is 0. The van der Waals surface area contributed by atoms with Crippen LogP contribution in [-0.2, 0) is 0 Å². The van der Waals surface area contributed by atoms with Gasteiger partial charge in [-0.3, -0.25) is 4.79 Å². The molecule has 1 amide bonds. The maximum absolute atomic E-state index is 13.8. The van der Waals surface area contributed by atoms with Gasteiger partial charge in [0.15, 0.2) is 0 Å². The normalized spacial score (nSPS) is 13.7. The first kappa shape index (κ1) is 22.7. The molecule has 4 aromatic rings. The van der Waals surface area contributed by atoms with Crippen molar-refractivity contribution in [2.45, 2.75) is 13.8 Å². The third-order valence-corrected chi connectivity index (χ3v) is 6.60. The quantitative estimate of drug-likeness (QED) is 0.409. The summed E-state index contributed by atoms with van der Waals surface area (Å²) in [4.78, 5) is 18.1. The van der Waals surface area contributed by atoms with E-state index >= 15 is 0 Å². The molecule has 0 aliphatic carbocycles. The lowest BCUT2D eigenvalue weighted by Gasteiger charge is -2.36. The molecule has 0 atom stereocenters. The van der Waals surface area contributed by atoms with Crippen LogP contribution in [-0.4, -0.2) is 53.9 Å². The van der Waals surface area contributed by atoms with Crippen molar-refractivity contribution >= 4 is 11.6 Å². The van der Waals surface area contributed by atoms with Crippen LogP contribution in [0.2, 0.25) is 0 Å². The minimum atomic E-state index is -0.00310. The Balaban J connectivity index is 1.45. The second-order valence-corrected chi connectivity index (χ2v) is 8.96. The Kier molecular flexibility index (Phi) is 6.27. The SMILES string of the molecule is COc1cccc(-c2cc(C(=O)N3CCN(c4ccccc4C)CC3)n(-c3ccc(C)cc3)n2)c1. The summed E-state index contributed by atoms with van der Waals surface area (Å²) in [5, 5.41) is 4.85. The summed E-state index contributed by atoms with van der Waals surface area (Å²) >= 11 is 0. The van der Waals surface area contributed by atoms with Gasteiger partial charge in [-0.05, 0) is 55.8 Å². The molecule has 1 aliphatic heterocycles. The van der Waals surface area contributed by atoms with Gasteiger partial charge < -0.3 is 14.5 Å². The van der Waals surface area contributed by atoms with Crippen LogP contribution in [0.25, 0.3) is 16.9 Å². The molecule has 0 bridgehead atoms. The fourth-order valence-electron chi connectivity index (χ4n) is 4.57. The number of ether oxygens (including phenoxy) is 1. The van der Waals surface area contributed by atoms with E-state index in [0.29, 0.717) is 18.8 Å². The van der Waals surface area contributed by atoms with Gasteiger partial charge >= 0.3 is 0 Å². The van der Waals surface area contributed by atoms with Gasteiger partial charge in [0.1, 0.15) is 11.4 Å². The van der Waals surface area contributed by atoms with Gasteiger partial charge in [-0.1, -0.05) is 48.0 Å². The Hall–Kier alpha value is -4.06. The van der Waals surface area contributed by atoms with Gasteiger partial charge in [-0.15, -0.1) is 0 Å². The second-order valence-electron chi connectivity index (χ2n) is 8.96. The van der Waals surface area contributed by atoms with Crippen LogP contribution in [0, 0.1) is 13.8 Å². The summed E-state index contributed by atoms with van der Waals surface area (Å²) in [5.41, 5.74) is 6.74. The predicted molar refractivity (Wildman–Crippen MR) is 140 cm³/mol. The van der Waals surface area contributed by atoms with Crippen molar-refractivity contribution in [1.82, 2.24) is 14.7 Å². The monoisotopic (exact) mass is 466 g/mol. The first-order chi connectivity index (χ1) is 17.0. The zero-order chi connectivity index (χ0) is 24.4. The molecular weight excluding hydrogens is 436 g/mol. The first-order valence-electron chi connectivity index (χ1n) is 11.9. The van der Waals surface area contributed by atoms with Crippen molar-refractivity contribution in [3.63, 3.8) is 0 Å². The maximum atomic E-state index is 13.8. The number of aromatic nitrogens is 2. The molecule has 0 radical (unpaired) electrons. The molecule has 0 spiro atoms. The number of nitrogens with zero attached hydrogens (tertiary/aromatic N) is 4. The molecule has 6 nitrogen and oxygen atoms in total. The highest BCUT2D eigenvalue weighted by Crippen LogP contribution is 2.27. The van der Waals surface area contributed by atoms with Crippen LogP contribution < -0.4 is 9.64 Å². The molecule has 0 N–H and O–H groups in total. The van der Waals surface area contributed by atoms with Crippen LogP contribution >= 0.6 is 0 Å². The van der Waals surface area contributed by atoms with Gasteiger partial charge in [0.2, 0.25) is 0 Å². The van der Waals surface area contributed by atoms with Gasteiger partial charge in [-0.2, -0.15) is 5.10 Å². The van der Waals surface area contributed by atoms with Crippen molar-refractivity contribution in [2.75, 3.05) is 38.2 Å². The Morgan fingerprint density at radius 2 is 1.60 bits per heavy atom. The highest BCUT2D eigenvalue weighted by molar-refractivity contribution is 5.94. The predicted octanol–water partition coefficient (Wildman–Crippen LogP) is 5.13. The van der Waals surface area contributed by atoms with Crippen molar-refractivity contribution in [3.8, 4) is 22.7 Å². The Bertz CT molecular complexity index is 1340. The summed E-state index contributed by atoms with van der Waals surface area (Å²) in [6, 6.07) is 26.2. The lowest BCUT2D eigenvalue weighted by molar-refractivity contribution is 0.0737. The average molecular weight is 467 g/mol. The third-order valence-electron chi connectivity index (χ3n) is 6.60. The molecule has 1 aromatic heterocycles. The number of piperazine rings is 1. The maximum Gasteiger partial charge on any atom is 0.272 e. The Morgan fingerprint density at radius 3 is 2.31 bits per heavy atom. The largest absolute Gasteiger partial charge is 0.497 e.